The van der Waals surface area contributed by atoms with Gasteiger partial charge in [-0.3, -0.25) is 4.79 Å². The second-order valence-corrected chi connectivity index (χ2v) is 5.38. The van der Waals surface area contributed by atoms with Crippen molar-refractivity contribution in [2.75, 3.05) is 11.9 Å². The molecule has 1 N–H and O–H groups in total. The largest absolute Gasteiger partial charge is 0.490 e. The van der Waals surface area contributed by atoms with Gasteiger partial charge in [-0.15, -0.1) is 0 Å². The van der Waals surface area contributed by atoms with Crippen molar-refractivity contribution in [3.05, 3.63) is 77.3 Å². The van der Waals surface area contributed by atoms with E-state index in [-0.39, 0.29) is 5.91 Å². The second kappa shape index (κ2) is 8.20. The normalized spacial score (nSPS) is 10.5. The van der Waals surface area contributed by atoms with E-state index in [4.69, 9.17) is 16.3 Å². The molecule has 118 valence electrons. The summed E-state index contributed by atoms with van der Waals surface area (Å²) in [5.74, 6) is 0.528. The fourth-order valence-electron chi connectivity index (χ4n) is 1.90. The third kappa shape index (κ3) is 5.31. The molecule has 0 spiro atoms. The van der Waals surface area contributed by atoms with E-state index in [9.17, 15) is 4.79 Å². The predicted octanol–water partition coefficient (Wildman–Crippen LogP) is 4.87. The highest BCUT2D eigenvalue weighted by Crippen LogP contribution is 2.22. The quantitative estimate of drug-likeness (QED) is 0.607. The van der Waals surface area contributed by atoms with Crippen molar-refractivity contribution in [2.45, 2.75) is 6.92 Å². The first-order valence-corrected chi connectivity index (χ1v) is 7.55. The second-order valence-electron chi connectivity index (χ2n) is 4.97. The van der Waals surface area contributed by atoms with Crippen molar-refractivity contribution in [2.24, 2.45) is 0 Å². The van der Waals surface area contributed by atoms with Gasteiger partial charge in [-0.05, 0) is 48.4 Å². The molecule has 0 fully saturated rings. The van der Waals surface area contributed by atoms with Gasteiger partial charge in [0.15, 0.2) is 0 Å². The molecule has 0 aromatic heterocycles. The third-order valence-corrected chi connectivity index (χ3v) is 3.37. The summed E-state index contributed by atoms with van der Waals surface area (Å²) in [6.45, 7) is 6.01. The molecule has 0 bridgehead atoms. The molecule has 2 aromatic carbocycles. The van der Waals surface area contributed by atoms with Crippen LogP contribution in [-0.4, -0.2) is 12.5 Å². The van der Waals surface area contributed by atoms with Crippen LogP contribution in [0.1, 0.15) is 11.1 Å². The van der Waals surface area contributed by atoms with Gasteiger partial charge in [0.05, 0.1) is 10.7 Å². The highest BCUT2D eigenvalue weighted by molar-refractivity contribution is 6.33. The molecular formula is C19H18ClNO2. The summed E-state index contributed by atoms with van der Waals surface area (Å²) in [6.07, 6.45) is 4.89. The number of rotatable bonds is 6. The molecule has 4 heteroatoms. The monoisotopic (exact) mass is 327 g/mol. The maximum absolute atomic E-state index is 11.9. The number of ether oxygens (including phenoxy) is 1. The molecular weight excluding hydrogens is 310 g/mol. The number of hydrogen-bond acceptors (Lipinski definition) is 2. The van der Waals surface area contributed by atoms with Crippen molar-refractivity contribution in [1.82, 2.24) is 0 Å². The molecule has 0 aliphatic heterocycles. The molecule has 23 heavy (non-hydrogen) atoms. The van der Waals surface area contributed by atoms with Gasteiger partial charge in [0.1, 0.15) is 12.4 Å². The lowest BCUT2D eigenvalue weighted by atomic mass is 10.2. The van der Waals surface area contributed by atoms with Gasteiger partial charge in [0, 0.05) is 6.08 Å². The standard InChI is InChI=1S/C19H18ClNO2/c1-3-12-23-16-8-5-15(6-9-16)7-11-19(22)21-18-10-4-14(2)13-17(18)20/h3-11,13H,1,12H2,2H3,(H,21,22)/b11-7+. The molecule has 3 nitrogen and oxygen atoms in total. The minimum absolute atomic E-state index is 0.234. The fraction of sp³-hybridized carbons (Fsp3) is 0.105. The lowest BCUT2D eigenvalue weighted by molar-refractivity contribution is -0.111. The molecule has 1 amide bonds. The first-order valence-electron chi connectivity index (χ1n) is 7.17. The summed E-state index contributed by atoms with van der Waals surface area (Å²) in [5.41, 5.74) is 2.54. The maximum atomic E-state index is 11.9. The topological polar surface area (TPSA) is 38.3 Å². The molecule has 0 aliphatic rings. The minimum Gasteiger partial charge on any atom is -0.490 e. The average molecular weight is 328 g/mol. The van der Waals surface area contributed by atoms with Crippen molar-refractivity contribution in [3.8, 4) is 5.75 Å². The molecule has 2 aromatic rings. The van der Waals surface area contributed by atoms with E-state index in [2.05, 4.69) is 11.9 Å². The van der Waals surface area contributed by atoms with Gasteiger partial charge in [-0.1, -0.05) is 42.5 Å². The van der Waals surface area contributed by atoms with Crippen LogP contribution in [0.25, 0.3) is 6.08 Å². The number of nitrogens with one attached hydrogen (secondary N) is 1. The zero-order chi connectivity index (χ0) is 16.7. The molecule has 2 rings (SSSR count). The van der Waals surface area contributed by atoms with Crippen LogP contribution >= 0.6 is 11.6 Å². The number of carbonyl (C=O) groups is 1. The van der Waals surface area contributed by atoms with Crippen LogP contribution in [0, 0.1) is 6.92 Å². The molecule has 0 unspecified atom stereocenters. The van der Waals surface area contributed by atoms with Crippen LogP contribution < -0.4 is 10.1 Å². The number of anilines is 1. The van der Waals surface area contributed by atoms with Gasteiger partial charge in [0.25, 0.3) is 0 Å². The zero-order valence-electron chi connectivity index (χ0n) is 12.9. The van der Waals surface area contributed by atoms with Gasteiger partial charge in [-0.2, -0.15) is 0 Å². The number of carbonyl (C=O) groups excluding carboxylic acids is 1. The van der Waals surface area contributed by atoms with Crippen LogP contribution in [0.15, 0.2) is 61.2 Å². The minimum atomic E-state index is -0.234. The molecule has 0 saturated heterocycles. The number of halogens is 1. The van der Waals surface area contributed by atoms with Crippen molar-refractivity contribution in [3.63, 3.8) is 0 Å². The van der Waals surface area contributed by atoms with E-state index in [0.717, 1.165) is 16.9 Å². The van der Waals surface area contributed by atoms with E-state index in [1.54, 1.807) is 18.2 Å². The number of benzene rings is 2. The summed E-state index contributed by atoms with van der Waals surface area (Å²) in [4.78, 5) is 11.9. The van der Waals surface area contributed by atoms with Gasteiger partial charge < -0.3 is 10.1 Å². The first kappa shape index (κ1) is 16.8. The van der Waals surface area contributed by atoms with Crippen LogP contribution in [0.4, 0.5) is 5.69 Å². The molecule has 0 aliphatic carbocycles. The predicted molar refractivity (Wildman–Crippen MR) is 96.0 cm³/mol. The third-order valence-electron chi connectivity index (χ3n) is 3.06. The van der Waals surface area contributed by atoms with Crippen molar-refractivity contribution < 1.29 is 9.53 Å². The van der Waals surface area contributed by atoms with Crippen LogP contribution in [-0.2, 0) is 4.79 Å². The van der Waals surface area contributed by atoms with E-state index >= 15 is 0 Å². The number of aryl methyl sites for hydroxylation is 1. The Labute approximate surface area is 141 Å². The SMILES string of the molecule is C=CCOc1ccc(/C=C/C(=O)Nc2ccc(C)cc2Cl)cc1. The average Bonchev–Trinajstić information content (AvgIpc) is 2.54. The summed E-state index contributed by atoms with van der Waals surface area (Å²) in [6, 6.07) is 12.9. The zero-order valence-corrected chi connectivity index (χ0v) is 13.6. The lowest BCUT2D eigenvalue weighted by Crippen LogP contribution is -2.08. The first-order chi connectivity index (χ1) is 11.1. The molecule has 0 radical (unpaired) electrons. The lowest BCUT2D eigenvalue weighted by Gasteiger charge is -2.05. The highest BCUT2D eigenvalue weighted by Gasteiger charge is 2.03. The summed E-state index contributed by atoms with van der Waals surface area (Å²) < 4.78 is 5.40. The van der Waals surface area contributed by atoms with Crippen LogP contribution in [0.3, 0.4) is 0 Å². The smallest absolute Gasteiger partial charge is 0.248 e. The Morgan fingerprint density at radius 2 is 2.00 bits per heavy atom. The highest BCUT2D eigenvalue weighted by atomic mass is 35.5. The Morgan fingerprint density at radius 1 is 1.26 bits per heavy atom. The Kier molecular flexibility index (Phi) is 6.01. The molecule has 0 saturated carbocycles. The molecule has 0 heterocycles. The Balaban J connectivity index is 1.96. The fourth-order valence-corrected chi connectivity index (χ4v) is 2.18. The van der Waals surface area contributed by atoms with E-state index in [1.807, 2.05) is 43.3 Å². The van der Waals surface area contributed by atoms with Crippen molar-refractivity contribution in [1.29, 1.82) is 0 Å². The maximum Gasteiger partial charge on any atom is 0.248 e. The summed E-state index contributed by atoms with van der Waals surface area (Å²) >= 11 is 6.09. The Hall–Kier alpha value is -2.52. The number of hydrogen-bond donors (Lipinski definition) is 1. The Morgan fingerprint density at radius 3 is 2.65 bits per heavy atom. The summed E-state index contributed by atoms with van der Waals surface area (Å²) in [7, 11) is 0. The number of amides is 1. The van der Waals surface area contributed by atoms with E-state index < -0.39 is 0 Å². The van der Waals surface area contributed by atoms with Gasteiger partial charge in [-0.25, -0.2) is 0 Å². The Bertz CT molecular complexity index is 721. The molecule has 0 atom stereocenters. The summed E-state index contributed by atoms with van der Waals surface area (Å²) in [5, 5.41) is 3.28. The van der Waals surface area contributed by atoms with Gasteiger partial charge in [0.2, 0.25) is 5.91 Å². The van der Waals surface area contributed by atoms with Gasteiger partial charge >= 0.3 is 0 Å². The van der Waals surface area contributed by atoms with E-state index in [0.29, 0.717) is 17.3 Å². The van der Waals surface area contributed by atoms with Crippen molar-refractivity contribution >= 4 is 29.3 Å². The van der Waals surface area contributed by atoms with E-state index in [1.165, 1.54) is 6.08 Å². The van der Waals surface area contributed by atoms with Crippen LogP contribution in [0.2, 0.25) is 5.02 Å². The van der Waals surface area contributed by atoms with Crippen LogP contribution in [0.5, 0.6) is 5.75 Å².